The molecule has 9 heteroatoms. The van der Waals surface area contributed by atoms with Crippen LogP contribution in [0.1, 0.15) is 23.3 Å². The Labute approximate surface area is 122 Å². The Morgan fingerprint density at radius 1 is 1.33 bits per heavy atom. The number of aromatic carboxylic acids is 1. The summed E-state index contributed by atoms with van der Waals surface area (Å²) in [6, 6.07) is 0. The van der Waals surface area contributed by atoms with Crippen LogP contribution in [0.3, 0.4) is 0 Å². The van der Waals surface area contributed by atoms with Crippen LogP contribution in [0.5, 0.6) is 0 Å². The molecule has 9 nitrogen and oxygen atoms in total. The third kappa shape index (κ3) is 7.37. The summed E-state index contributed by atoms with van der Waals surface area (Å²) >= 11 is 0. The van der Waals surface area contributed by atoms with Crippen LogP contribution in [-0.2, 0) is 20.8 Å². The van der Waals surface area contributed by atoms with Crippen molar-refractivity contribution in [2.75, 3.05) is 33.5 Å². The van der Waals surface area contributed by atoms with Crippen molar-refractivity contribution >= 4 is 11.9 Å². The van der Waals surface area contributed by atoms with Crippen LogP contribution in [-0.4, -0.2) is 65.5 Å². The van der Waals surface area contributed by atoms with Gasteiger partial charge in [-0.25, -0.2) is 9.48 Å². The number of hydrogen-bond acceptors (Lipinski definition) is 6. The molecule has 0 spiro atoms. The molecule has 0 radical (unpaired) electrons. The van der Waals surface area contributed by atoms with Gasteiger partial charge in [0.2, 0.25) is 5.91 Å². The second kappa shape index (κ2) is 9.83. The smallest absolute Gasteiger partial charge is 0.358 e. The maximum Gasteiger partial charge on any atom is 0.358 e. The quantitative estimate of drug-likeness (QED) is 0.531. The predicted molar refractivity (Wildman–Crippen MR) is 71.9 cm³/mol. The monoisotopic (exact) mass is 300 g/mol. The number of ether oxygens (including phenoxy) is 2. The Balaban J connectivity index is 2.07. The highest BCUT2D eigenvalue weighted by molar-refractivity contribution is 5.84. The van der Waals surface area contributed by atoms with Gasteiger partial charge in [0, 0.05) is 20.3 Å². The normalized spacial score (nSPS) is 10.5. The molecule has 1 amide bonds. The van der Waals surface area contributed by atoms with Crippen LogP contribution in [0.2, 0.25) is 0 Å². The molecule has 0 aliphatic heterocycles. The number of amides is 1. The number of carbonyl (C=O) groups excluding carboxylic acids is 1. The molecule has 1 aromatic heterocycles. The zero-order valence-corrected chi connectivity index (χ0v) is 11.9. The fourth-order valence-corrected chi connectivity index (χ4v) is 1.48. The maximum absolute atomic E-state index is 11.6. The van der Waals surface area contributed by atoms with E-state index >= 15 is 0 Å². The second-order valence-corrected chi connectivity index (χ2v) is 4.27. The molecule has 1 heterocycles. The first kappa shape index (κ1) is 17.1. The van der Waals surface area contributed by atoms with E-state index in [1.807, 2.05) is 0 Å². The lowest BCUT2D eigenvalue weighted by molar-refractivity contribution is -0.121. The summed E-state index contributed by atoms with van der Waals surface area (Å²) in [4.78, 5) is 22.2. The fraction of sp³-hybridized carbons (Fsp3) is 0.667. The van der Waals surface area contributed by atoms with E-state index in [1.165, 1.54) is 10.9 Å². The van der Waals surface area contributed by atoms with Gasteiger partial charge in [-0.3, -0.25) is 4.79 Å². The lowest BCUT2D eigenvalue weighted by Gasteiger charge is -2.05. The molecule has 0 bridgehead atoms. The molecule has 0 aliphatic rings. The van der Waals surface area contributed by atoms with E-state index in [1.54, 1.807) is 7.11 Å². The van der Waals surface area contributed by atoms with E-state index in [2.05, 4.69) is 15.6 Å². The summed E-state index contributed by atoms with van der Waals surface area (Å²) in [6.07, 6.45) is 2.86. The first-order valence-corrected chi connectivity index (χ1v) is 6.60. The third-order valence-electron chi connectivity index (χ3n) is 2.53. The summed E-state index contributed by atoms with van der Waals surface area (Å²) in [6.45, 7) is 2.26. The average molecular weight is 300 g/mol. The van der Waals surface area contributed by atoms with E-state index in [0.717, 1.165) is 12.8 Å². The molecule has 1 rings (SSSR count). The number of hydrogen-bond donors (Lipinski definition) is 2. The van der Waals surface area contributed by atoms with Gasteiger partial charge in [-0.2, -0.15) is 0 Å². The van der Waals surface area contributed by atoms with E-state index < -0.39 is 5.97 Å². The van der Waals surface area contributed by atoms with Gasteiger partial charge >= 0.3 is 5.97 Å². The molecule has 0 unspecified atom stereocenters. The van der Waals surface area contributed by atoms with E-state index in [0.29, 0.717) is 26.4 Å². The lowest BCUT2D eigenvalue weighted by Crippen LogP contribution is -2.28. The van der Waals surface area contributed by atoms with Gasteiger partial charge in [0.1, 0.15) is 6.54 Å². The van der Waals surface area contributed by atoms with Crippen LogP contribution >= 0.6 is 0 Å². The van der Waals surface area contributed by atoms with Crippen molar-refractivity contribution in [1.82, 2.24) is 20.3 Å². The number of carboxylic acid groups (broad SMARTS) is 1. The minimum atomic E-state index is -1.17. The van der Waals surface area contributed by atoms with Crippen molar-refractivity contribution in [1.29, 1.82) is 0 Å². The van der Waals surface area contributed by atoms with Crippen molar-refractivity contribution in [2.45, 2.75) is 19.4 Å². The zero-order valence-electron chi connectivity index (χ0n) is 11.9. The molecule has 118 valence electrons. The molecule has 0 aromatic carbocycles. The van der Waals surface area contributed by atoms with E-state index in [-0.39, 0.29) is 18.1 Å². The van der Waals surface area contributed by atoms with Gasteiger partial charge in [-0.15, -0.1) is 5.10 Å². The molecule has 21 heavy (non-hydrogen) atoms. The molecule has 1 aromatic rings. The van der Waals surface area contributed by atoms with Crippen molar-refractivity contribution in [3.05, 3.63) is 11.9 Å². The zero-order chi connectivity index (χ0) is 15.5. The summed E-state index contributed by atoms with van der Waals surface area (Å²) in [7, 11) is 1.62. The number of nitrogens with one attached hydrogen (secondary N) is 1. The van der Waals surface area contributed by atoms with Crippen LogP contribution in [0.15, 0.2) is 6.20 Å². The van der Waals surface area contributed by atoms with E-state index in [9.17, 15) is 9.59 Å². The first-order chi connectivity index (χ1) is 10.1. The Morgan fingerprint density at radius 2 is 2.14 bits per heavy atom. The van der Waals surface area contributed by atoms with Crippen molar-refractivity contribution < 1.29 is 24.2 Å². The van der Waals surface area contributed by atoms with Gasteiger partial charge in [-0.1, -0.05) is 5.21 Å². The second-order valence-electron chi connectivity index (χ2n) is 4.27. The number of aromatic nitrogens is 3. The van der Waals surface area contributed by atoms with Crippen molar-refractivity contribution in [2.24, 2.45) is 0 Å². The molecule has 0 saturated heterocycles. The minimum Gasteiger partial charge on any atom is -0.476 e. The topological polar surface area (TPSA) is 116 Å². The Kier molecular flexibility index (Phi) is 7.99. The van der Waals surface area contributed by atoms with Crippen LogP contribution in [0.4, 0.5) is 0 Å². The highest BCUT2D eigenvalue weighted by Crippen LogP contribution is 1.93. The van der Waals surface area contributed by atoms with Crippen LogP contribution in [0, 0.1) is 0 Å². The largest absolute Gasteiger partial charge is 0.476 e. The number of carboxylic acids is 1. The number of methoxy groups -OCH3 is 1. The number of carbonyl (C=O) groups is 2. The van der Waals surface area contributed by atoms with Gasteiger partial charge < -0.3 is 19.9 Å². The summed E-state index contributed by atoms with van der Waals surface area (Å²) in [5.74, 6) is -1.41. The molecular weight excluding hydrogens is 280 g/mol. The summed E-state index contributed by atoms with van der Waals surface area (Å²) < 4.78 is 11.3. The van der Waals surface area contributed by atoms with Crippen LogP contribution < -0.4 is 5.32 Å². The van der Waals surface area contributed by atoms with Crippen molar-refractivity contribution in [3.8, 4) is 0 Å². The SMILES string of the molecule is COCCOCCCCNC(=O)Cn1cc(C(=O)O)nn1. The molecular formula is C12H20N4O5. The number of rotatable bonds is 11. The summed E-state index contributed by atoms with van der Waals surface area (Å²) in [5.41, 5.74) is -0.184. The van der Waals surface area contributed by atoms with Crippen molar-refractivity contribution in [3.63, 3.8) is 0 Å². The van der Waals surface area contributed by atoms with E-state index in [4.69, 9.17) is 14.6 Å². The van der Waals surface area contributed by atoms with Gasteiger partial charge in [0.05, 0.1) is 19.4 Å². The lowest BCUT2D eigenvalue weighted by atomic mass is 10.3. The Bertz CT molecular complexity index is 449. The molecule has 2 N–H and O–H groups in total. The molecule has 0 atom stereocenters. The Hall–Kier alpha value is -2.00. The summed E-state index contributed by atoms with van der Waals surface area (Å²) in [5, 5.41) is 18.4. The Morgan fingerprint density at radius 3 is 2.81 bits per heavy atom. The number of unbranched alkanes of at least 4 members (excludes halogenated alkanes) is 1. The third-order valence-corrected chi connectivity index (χ3v) is 2.53. The molecule has 0 fully saturated rings. The average Bonchev–Trinajstić information content (AvgIpc) is 2.90. The molecule has 0 saturated carbocycles. The predicted octanol–water partition coefficient (Wildman–Crippen LogP) is -0.464. The standard InChI is InChI=1S/C12H20N4O5/c1-20-6-7-21-5-3-2-4-13-11(17)9-16-8-10(12(18)19)14-15-16/h8H,2-7,9H2,1H3,(H,13,17)(H,18,19). The fourth-order valence-electron chi connectivity index (χ4n) is 1.48. The minimum absolute atomic E-state index is 0.0510. The highest BCUT2D eigenvalue weighted by atomic mass is 16.5. The number of nitrogens with zero attached hydrogens (tertiary/aromatic N) is 3. The van der Waals surface area contributed by atoms with Gasteiger partial charge in [-0.05, 0) is 12.8 Å². The van der Waals surface area contributed by atoms with Gasteiger partial charge in [0.25, 0.3) is 0 Å². The molecule has 0 aliphatic carbocycles. The highest BCUT2D eigenvalue weighted by Gasteiger charge is 2.10. The first-order valence-electron chi connectivity index (χ1n) is 6.60. The van der Waals surface area contributed by atoms with Gasteiger partial charge in [0.15, 0.2) is 5.69 Å². The maximum atomic E-state index is 11.6. The van der Waals surface area contributed by atoms with Crippen LogP contribution in [0.25, 0.3) is 0 Å².